The fourth-order valence-electron chi connectivity index (χ4n) is 3.38. The number of hydrogen-bond acceptors (Lipinski definition) is 5. The fraction of sp³-hybridized carbons (Fsp3) is 0.154. The zero-order chi connectivity index (χ0) is 24.2. The highest BCUT2D eigenvalue weighted by Gasteiger charge is 2.33. The van der Waals surface area contributed by atoms with Gasteiger partial charge in [-0.15, -0.1) is 0 Å². The molecule has 4 rings (SSSR count). The minimum absolute atomic E-state index is 0.146. The average molecular weight is 575 g/mol. The van der Waals surface area contributed by atoms with Crippen molar-refractivity contribution in [1.82, 2.24) is 0 Å². The van der Waals surface area contributed by atoms with Gasteiger partial charge in [-0.2, -0.15) is 0 Å². The van der Waals surface area contributed by atoms with E-state index in [1.165, 1.54) is 11.8 Å². The summed E-state index contributed by atoms with van der Waals surface area (Å²) >= 11 is 16.6. The summed E-state index contributed by atoms with van der Waals surface area (Å²) in [7, 11) is 0. The van der Waals surface area contributed by atoms with Gasteiger partial charge < -0.3 is 9.47 Å². The molecule has 4 nitrogen and oxygen atoms in total. The summed E-state index contributed by atoms with van der Waals surface area (Å²) in [4.78, 5) is 15.2. The van der Waals surface area contributed by atoms with E-state index in [0.29, 0.717) is 43.4 Å². The topological polar surface area (TPSA) is 38.8 Å². The van der Waals surface area contributed by atoms with Gasteiger partial charge in [0, 0.05) is 10.6 Å². The van der Waals surface area contributed by atoms with Crippen molar-refractivity contribution in [1.29, 1.82) is 0 Å². The van der Waals surface area contributed by atoms with Crippen LogP contribution in [0, 0.1) is 6.92 Å². The lowest BCUT2D eigenvalue weighted by atomic mass is 10.1. The Kier molecular flexibility index (Phi) is 7.99. The SMILES string of the molecule is CCOc1cc(/C=C2\SC(=S)N(c3ccc(C)cc3)C2=O)cc(Br)c1OCc1ccccc1Cl. The summed E-state index contributed by atoms with van der Waals surface area (Å²) in [6.07, 6.45) is 1.82. The van der Waals surface area contributed by atoms with E-state index in [1.54, 1.807) is 4.90 Å². The number of rotatable bonds is 7. The number of aryl methyl sites for hydroxylation is 1. The smallest absolute Gasteiger partial charge is 0.270 e. The highest BCUT2D eigenvalue weighted by atomic mass is 79.9. The number of nitrogens with zero attached hydrogens (tertiary/aromatic N) is 1. The number of benzene rings is 3. The van der Waals surface area contributed by atoms with Gasteiger partial charge in [-0.25, -0.2) is 0 Å². The number of thioether (sulfide) groups is 1. The van der Waals surface area contributed by atoms with Crippen molar-refractivity contribution in [2.24, 2.45) is 0 Å². The van der Waals surface area contributed by atoms with Gasteiger partial charge in [-0.3, -0.25) is 9.69 Å². The molecule has 0 spiro atoms. The summed E-state index contributed by atoms with van der Waals surface area (Å²) in [6, 6.07) is 19.0. The highest BCUT2D eigenvalue weighted by molar-refractivity contribution is 9.10. The van der Waals surface area contributed by atoms with E-state index in [0.717, 1.165) is 22.4 Å². The monoisotopic (exact) mass is 573 g/mol. The van der Waals surface area contributed by atoms with Gasteiger partial charge in [-0.05, 0) is 71.7 Å². The van der Waals surface area contributed by atoms with E-state index in [4.69, 9.17) is 33.3 Å². The molecule has 0 aromatic heterocycles. The first-order chi connectivity index (χ1) is 16.4. The number of hydrogen-bond donors (Lipinski definition) is 0. The molecule has 3 aromatic carbocycles. The first-order valence-corrected chi connectivity index (χ1v) is 12.9. The van der Waals surface area contributed by atoms with Crippen molar-refractivity contribution in [2.45, 2.75) is 20.5 Å². The molecular weight excluding hydrogens is 554 g/mol. The van der Waals surface area contributed by atoms with E-state index in [1.807, 2.05) is 80.6 Å². The second-order valence-corrected chi connectivity index (χ2v) is 10.4. The molecule has 8 heteroatoms. The van der Waals surface area contributed by atoms with Crippen molar-refractivity contribution in [3.63, 3.8) is 0 Å². The van der Waals surface area contributed by atoms with E-state index in [-0.39, 0.29) is 5.91 Å². The summed E-state index contributed by atoms with van der Waals surface area (Å²) < 4.78 is 13.1. The Morgan fingerprint density at radius 1 is 1.12 bits per heavy atom. The van der Waals surface area contributed by atoms with Crippen molar-refractivity contribution < 1.29 is 14.3 Å². The third-order valence-corrected chi connectivity index (χ3v) is 7.31. The van der Waals surface area contributed by atoms with Crippen molar-refractivity contribution in [3.8, 4) is 11.5 Å². The van der Waals surface area contributed by atoms with E-state index < -0.39 is 0 Å². The third-order valence-electron chi connectivity index (χ3n) is 5.05. The molecule has 1 fully saturated rings. The Balaban J connectivity index is 1.60. The molecule has 1 amide bonds. The molecule has 34 heavy (non-hydrogen) atoms. The number of carbonyl (C=O) groups is 1. The molecule has 174 valence electrons. The molecule has 0 N–H and O–H groups in total. The molecule has 1 aliphatic heterocycles. The molecule has 3 aromatic rings. The molecule has 0 radical (unpaired) electrons. The normalized spacial score (nSPS) is 14.7. The second-order valence-electron chi connectivity index (χ2n) is 7.50. The van der Waals surface area contributed by atoms with Crippen LogP contribution in [0.25, 0.3) is 6.08 Å². The molecule has 1 heterocycles. The van der Waals surface area contributed by atoms with Gasteiger partial charge in [0.15, 0.2) is 15.8 Å². The maximum atomic E-state index is 13.1. The third kappa shape index (κ3) is 5.49. The molecular formula is C26H21BrClNO3S2. The Morgan fingerprint density at radius 2 is 1.85 bits per heavy atom. The standard InChI is InChI=1S/C26H21BrClNO3S2/c1-3-31-22-13-17(12-20(27)24(22)32-15-18-6-4-5-7-21(18)28)14-23-25(30)29(26(33)34-23)19-10-8-16(2)9-11-19/h4-14H,3,15H2,1-2H3/b23-14-. The molecule has 0 saturated carbocycles. The maximum Gasteiger partial charge on any atom is 0.270 e. The van der Waals surface area contributed by atoms with Crippen molar-refractivity contribution in [3.05, 3.63) is 91.8 Å². The van der Waals surface area contributed by atoms with Gasteiger partial charge in [-0.1, -0.05) is 71.5 Å². The van der Waals surface area contributed by atoms with Crippen LogP contribution in [0.4, 0.5) is 5.69 Å². The van der Waals surface area contributed by atoms with Crippen LogP contribution < -0.4 is 14.4 Å². The average Bonchev–Trinajstić information content (AvgIpc) is 3.08. The van der Waals surface area contributed by atoms with Crippen LogP contribution in [0.15, 0.2) is 70.0 Å². The van der Waals surface area contributed by atoms with Crippen molar-refractivity contribution >= 4 is 73.5 Å². The number of amides is 1. The maximum absolute atomic E-state index is 13.1. The molecule has 0 bridgehead atoms. The highest BCUT2D eigenvalue weighted by Crippen LogP contribution is 2.40. The summed E-state index contributed by atoms with van der Waals surface area (Å²) in [5.41, 5.74) is 3.55. The van der Waals surface area contributed by atoms with E-state index in [9.17, 15) is 4.79 Å². The number of thiocarbonyl (C=S) groups is 1. The van der Waals surface area contributed by atoms with Crippen LogP contribution >= 0.6 is 51.5 Å². The minimum Gasteiger partial charge on any atom is -0.490 e. The lowest BCUT2D eigenvalue weighted by molar-refractivity contribution is -0.113. The fourth-order valence-corrected chi connectivity index (χ4v) is 5.44. The van der Waals surface area contributed by atoms with E-state index >= 15 is 0 Å². The van der Waals surface area contributed by atoms with Crippen LogP contribution in [0.1, 0.15) is 23.6 Å². The van der Waals surface area contributed by atoms with Crippen LogP contribution in [-0.4, -0.2) is 16.8 Å². The molecule has 0 aliphatic carbocycles. The lowest BCUT2D eigenvalue weighted by Gasteiger charge is -2.15. The first-order valence-electron chi connectivity index (χ1n) is 10.5. The van der Waals surface area contributed by atoms with Gasteiger partial charge in [0.2, 0.25) is 0 Å². The summed E-state index contributed by atoms with van der Waals surface area (Å²) in [6.45, 7) is 4.68. The number of anilines is 1. The van der Waals surface area contributed by atoms with E-state index in [2.05, 4.69) is 15.9 Å². The number of halogens is 2. The van der Waals surface area contributed by atoms with Crippen LogP contribution in [-0.2, 0) is 11.4 Å². The molecule has 0 unspecified atom stereocenters. The predicted molar refractivity (Wildman–Crippen MR) is 148 cm³/mol. The van der Waals surface area contributed by atoms with Crippen LogP contribution in [0.2, 0.25) is 5.02 Å². The quantitative estimate of drug-likeness (QED) is 0.213. The predicted octanol–water partition coefficient (Wildman–Crippen LogP) is 7.79. The molecule has 1 saturated heterocycles. The number of carbonyl (C=O) groups excluding carboxylic acids is 1. The van der Waals surface area contributed by atoms with Crippen LogP contribution in [0.5, 0.6) is 11.5 Å². The summed E-state index contributed by atoms with van der Waals surface area (Å²) in [5.74, 6) is 1.00. The minimum atomic E-state index is -0.146. The Labute approximate surface area is 222 Å². The van der Waals surface area contributed by atoms with Gasteiger partial charge in [0.25, 0.3) is 5.91 Å². The molecule has 0 atom stereocenters. The zero-order valence-electron chi connectivity index (χ0n) is 18.5. The van der Waals surface area contributed by atoms with Gasteiger partial charge >= 0.3 is 0 Å². The Bertz CT molecular complexity index is 1280. The Morgan fingerprint density at radius 3 is 2.56 bits per heavy atom. The lowest BCUT2D eigenvalue weighted by Crippen LogP contribution is -2.27. The Hall–Kier alpha value is -2.32. The van der Waals surface area contributed by atoms with Crippen LogP contribution in [0.3, 0.4) is 0 Å². The van der Waals surface area contributed by atoms with Crippen molar-refractivity contribution in [2.75, 3.05) is 11.5 Å². The van der Waals surface area contributed by atoms with Gasteiger partial charge in [0.1, 0.15) is 6.61 Å². The molecule has 1 aliphatic rings. The number of ether oxygens (including phenoxy) is 2. The second kappa shape index (κ2) is 11.0. The first kappa shape index (κ1) is 24.8. The zero-order valence-corrected chi connectivity index (χ0v) is 22.5. The largest absolute Gasteiger partial charge is 0.490 e. The van der Waals surface area contributed by atoms with Gasteiger partial charge in [0.05, 0.1) is 21.7 Å². The summed E-state index contributed by atoms with van der Waals surface area (Å²) in [5, 5.41) is 0.642.